The highest BCUT2D eigenvalue weighted by molar-refractivity contribution is 7.86. The van der Waals surface area contributed by atoms with Crippen LogP contribution in [0, 0.1) is 13.8 Å². The van der Waals surface area contributed by atoms with E-state index in [1.165, 1.54) is 24.3 Å². The fourth-order valence-electron chi connectivity index (χ4n) is 5.69. The first-order valence-corrected chi connectivity index (χ1v) is 18.5. The largest absolute Gasteiger partial charge is 0.744 e. The van der Waals surface area contributed by atoms with Crippen molar-refractivity contribution in [2.24, 2.45) is 10.2 Å². The van der Waals surface area contributed by atoms with Crippen molar-refractivity contribution >= 4 is 64.8 Å². The van der Waals surface area contributed by atoms with E-state index in [-0.39, 0.29) is 34.5 Å². The van der Waals surface area contributed by atoms with Gasteiger partial charge in [0.25, 0.3) is 0 Å². The van der Waals surface area contributed by atoms with Gasteiger partial charge in [0.15, 0.2) is 5.75 Å². The molecule has 0 aromatic heterocycles. The molecule has 0 saturated carbocycles. The number of anilines is 1. The Labute approximate surface area is 303 Å². The van der Waals surface area contributed by atoms with E-state index in [1.54, 1.807) is 30.3 Å². The summed E-state index contributed by atoms with van der Waals surface area (Å²) in [7, 11) is -10.5. The summed E-state index contributed by atoms with van der Waals surface area (Å²) >= 11 is 0. The van der Waals surface area contributed by atoms with E-state index in [0.29, 0.717) is 33.6 Å². The fraction of sp³-hybridized carbons (Fsp3) is 0.108. The normalized spacial score (nSPS) is 12.0. The van der Waals surface area contributed by atoms with Crippen molar-refractivity contribution in [1.29, 1.82) is 0 Å². The standard InChI is InChI=1S/C37H31N3O11S2/c1-20-8-13-31(21(2)14-20)50-19-24-16-32(28-6-4-5-7-29(28)36(24)42)51-26-11-9-25(10-12-26)39-40-35-33(53(47,48)49)17-23-15-27(52(44,45)46)18-30(38-22(3)41)34(23)37(35)43/h4-18,42-43H,19H2,1-3H3,(H,38,41)(H,44,45,46)(H,47,48,49)/p-2. The summed E-state index contributed by atoms with van der Waals surface area (Å²) in [4.78, 5) is 9.95. The van der Waals surface area contributed by atoms with Crippen LogP contribution in [0.5, 0.6) is 28.7 Å². The molecule has 0 aliphatic carbocycles. The first-order chi connectivity index (χ1) is 25.0. The Bertz CT molecular complexity index is 2700. The summed E-state index contributed by atoms with van der Waals surface area (Å²) in [5.41, 5.74) is 1.52. The molecule has 0 aliphatic heterocycles. The Balaban J connectivity index is 1.33. The van der Waals surface area contributed by atoms with Crippen LogP contribution in [0.1, 0.15) is 23.6 Å². The van der Waals surface area contributed by atoms with Gasteiger partial charge in [-0.05, 0) is 79.4 Å². The van der Waals surface area contributed by atoms with Crippen LogP contribution < -0.4 is 14.8 Å². The summed E-state index contributed by atoms with van der Waals surface area (Å²) in [5.74, 6) is -0.146. The van der Waals surface area contributed by atoms with E-state index in [4.69, 9.17) is 9.47 Å². The number of aromatic hydroxyl groups is 2. The number of hydrogen-bond acceptors (Lipinski definition) is 13. The molecule has 0 aliphatic rings. The van der Waals surface area contributed by atoms with E-state index in [1.807, 2.05) is 32.0 Å². The van der Waals surface area contributed by atoms with Crippen LogP contribution in [-0.2, 0) is 31.6 Å². The van der Waals surface area contributed by atoms with Crippen molar-refractivity contribution in [1.82, 2.24) is 0 Å². The van der Waals surface area contributed by atoms with Crippen LogP contribution >= 0.6 is 0 Å². The molecular formula is C37H29N3O11S2-2. The molecular weight excluding hydrogens is 727 g/mol. The molecule has 1 amide bonds. The van der Waals surface area contributed by atoms with Crippen LogP contribution in [0.4, 0.5) is 17.1 Å². The third-order valence-corrected chi connectivity index (χ3v) is 9.76. The molecule has 6 aromatic rings. The van der Waals surface area contributed by atoms with Gasteiger partial charge in [0.1, 0.15) is 55.5 Å². The van der Waals surface area contributed by atoms with E-state index < -0.39 is 47.4 Å². The zero-order valence-electron chi connectivity index (χ0n) is 28.1. The molecule has 6 aromatic carbocycles. The fourth-order valence-corrected chi connectivity index (χ4v) is 6.87. The SMILES string of the molecule is CC(=O)Nc1cc(S(=O)(=O)[O-])cc2cc(S(=O)(=O)[O-])c(N=Nc3ccc(Oc4cc(COc5ccc(C)cc5C)c(O)c5ccccc45)cc3)c(O)c12. The number of nitrogens with zero attached hydrogens (tertiary/aromatic N) is 2. The maximum atomic E-state index is 12.2. The molecule has 0 radical (unpaired) electrons. The van der Waals surface area contributed by atoms with E-state index in [9.17, 15) is 40.9 Å². The van der Waals surface area contributed by atoms with Crippen molar-refractivity contribution in [2.75, 3.05) is 5.32 Å². The zero-order valence-corrected chi connectivity index (χ0v) is 29.8. The first kappa shape index (κ1) is 36.7. The second-order valence-corrected chi connectivity index (χ2v) is 14.7. The van der Waals surface area contributed by atoms with Crippen LogP contribution in [0.2, 0.25) is 0 Å². The Kier molecular flexibility index (Phi) is 9.81. The van der Waals surface area contributed by atoms with Gasteiger partial charge in [-0.3, -0.25) is 4.79 Å². The number of nitrogens with one attached hydrogen (secondary N) is 1. The number of phenols is 2. The van der Waals surface area contributed by atoms with Crippen molar-refractivity contribution in [3.63, 3.8) is 0 Å². The predicted octanol–water partition coefficient (Wildman–Crippen LogP) is 7.57. The van der Waals surface area contributed by atoms with E-state index in [2.05, 4.69) is 15.5 Å². The Hall–Kier alpha value is -6.07. The lowest BCUT2D eigenvalue weighted by Crippen LogP contribution is -2.09. The number of aryl methyl sites for hydroxylation is 2. The molecule has 272 valence electrons. The van der Waals surface area contributed by atoms with Crippen LogP contribution in [0.15, 0.2) is 111 Å². The maximum Gasteiger partial charge on any atom is 0.221 e. The minimum Gasteiger partial charge on any atom is -0.744 e. The minimum atomic E-state index is -5.35. The van der Waals surface area contributed by atoms with Crippen LogP contribution in [-0.4, -0.2) is 42.1 Å². The van der Waals surface area contributed by atoms with E-state index in [0.717, 1.165) is 36.2 Å². The van der Waals surface area contributed by atoms with Crippen molar-refractivity contribution in [3.05, 3.63) is 108 Å². The number of hydrogen-bond donors (Lipinski definition) is 3. The molecule has 0 saturated heterocycles. The van der Waals surface area contributed by atoms with Crippen molar-refractivity contribution < 1.29 is 50.4 Å². The molecule has 0 fully saturated rings. The molecule has 14 nitrogen and oxygen atoms in total. The van der Waals surface area contributed by atoms with Gasteiger partial charge in [-0.25, -0.2) is 16.8 Å². The van der Waals surface area contributed by atoms with Gasteiger partial charge in [-0.2, -0.15) is 5.11 Å². The highest BCUT2D eigenvalue weighted by Gasteiger charge is 2.22. The summed E-state index contributed by atoms with van der Waals surface area (Å²) in [6, 6.07) is 22.9. The quantitative estimate of drug-likeness (QED) is 0.0912. The Morgan fingerprint density at radius 3 is 2.13 bits per heavy atom. The average Bonchev–Trinajstić information content (AvgIpc) is 3.08. The molecule has 53 heavy (non-hydrogen) atoms. The summed E-state index contributed by atoms with van der Waals surface area (Å²) in [6.45, 7) is 5.05. The zero-order chi connectivity index (χ0) is 38.2. The highest BCUT2D eigenvalue weighted by atomic mass is 32.2. The second kappa shape index (κ2) is 14.2. The number of benzene rings is 6. The highest BCUT2D eigenvalue weighted by Crippen LogP contribution is 2.45. The average molecular weight is 756 g/mol. The van der Waals surface area contributed by atoms with Gasteiger partial charge >= 0.3 is 0 Å². The van der Waals surface area contributed by atoms with Crippen LogP contribution in [0.25, 0.3) is 21.5 Å². The number of rotatable bonds is 10. The molecule has 6 rings (SSSR count). The predicted molar refractivity (Wildman–Crippen MR) is 192 cm³/mol. The molecule has 0 bridgehead atoms. The topological polar surface area (TPSA) is 227 Å². The monoisotopic (exact) mass is 755 g/mol. The third-order valence-electron chi connectivity index (χ3n) is 8.09. The van der Waals surface area contributed by atoms with Gasteiger partial charge in [0.05, 0.1) is 21.2 Å². The van der Waals surface area contributed by atoms with Crippen molar-refractivity contribution in [2.45, 2.75) is 37.2 Å². The molecule has 3 N–H and O–H groups in total. The smallest absolute Gasteiger partial charge is 0.221 e. The number of ether oxygens (including phenoxy) is 2. The lowest BCUT2D eigenvalue weighted by molar-refractivity contribution is -0.114. The van der Waals surface area contributed by atoms with Crippen molar-refractivity contribution in [3.8, 4) is 28.7 Å². The molecule has 0 atom stereocenters. The third kappa shape index (κ3) is 7.90. The number of amides is 1. The van der Waals surface area contributed by atoms with Gasteiger partial charge in [0, 0.05) is 28.6 Å². The summed E-state index contributed by atoms with van der Waals surface area (Å²) in [6.07, 6.45) is 0. The van der Waals surface area contributed by atoms with Gasteiger partial charge in [-0.1, -0.05) is 42.0 Å². The maximum absolute atomic E-state index is 12.2. The van der Waals surface area contributed by atoms with E-state index >= 15 is 0 Å². The Morgan fingerprint density at radius 1 is 0.792 bits per heavy atom. The van der Waals surface area contributed by atoms with Gasteiger partial charge in [0.2, 0.25) is 5.91 Å². The molecule has 16 heteroatoms. The minimum absolute atomic E-state index is 0.0463. The van der Waals surface area contributed by atoms with Gasteiger partial charge < -0.3 is 34.1 Å². The lowest BCUT2D eigenvalue weighted by Gasteiger charge is -2.18. The second-order valence-electron chi connectivity index (χ2n) is 12.0. The number of azo groups is 1. The Morgan fingerprint density at radius 2 is 1.49 bits per heavy atom. The van der Waals surface area contributed by atoms with Crippen LogP contribution in [0.3, 0.4) is 0 Å². The first-order valence-electron chi connectivity index (χ1n) is 15.7. The number of fused-ring (bicyclic) bond motifs is 2. The lowest BCUT2D eigenvalue weighted by atomic mass is 10.0. The number of carbonyl (C=O) groups excluding carboxylic acids is 1. The summed E-state index contributed by atoms with van der Waals surface area (Å²) in [5, 5.41) is 32.8. The number of carbonyl (C=O) groups is 1. The van der Waals surface area contributed by atoms with Gasteiger partial charge in [-0.15, -0.1) is 5.11 Å². The molecule has 0 unspecified atom stereocenters. The summed E-state index contributed by atoms with van der Waals surface area (Å²) < 4.78 is 84.2. The number of phenolic OH excluding ortho intramolecular Hbond substituents is 2. The molecule has 0 spiro atoms. The molecule has 0 heterocycles.